The van der Waals surface area contributed by atoms with Gasteiger partial charge in [0.2, 0.25) is 0 Å². The molecule has 0 saturated heterocycles. The van der Waals surface area contributed by atoms with Gasteiger partial charge in [-0.05, 0) is 54.2 Å². The monoisotopic (exact) mass is 267 g/mol. The van der Waals surface area contributed by atoms with Crippen LogP contribution >= 0.6 is 0 Å². The van der Waals surface area contributed by atoms with Crippen LogP contribution in [0.1, 0.15) is 24.0 Å². The van der Waals surface area contributed by atoms with Gasteiger partial charge in [0.05, 0.1) is 7.11 Å². The van der Waals surface area contributed by atoms with Crippen molar-refractivity contribution in [3.63, 3.8) is 0 Å². The summed E-state index contributed by atoms with van der Waals surface area (Å²) in [4.78, 5) is 0. The first-order valence-electron chi connectivity index (χ1n) is 7.23. The van der Waals surface area contributed by atoms with Gasteiger partial charge >= 0.3 is 0 Å². The minimum atomic E-state index is 0.758. The SMILES string of the molecule is COc1cccc(-c2ccc(CNC3CC3)cc2C)c1. The van der Waals surface area contributed by atoms with Crippen molar-refractivity contribution in [1.29, 1.82) is 0 Å². The van der Waals surface area contributed by atoms with Crippen molar-refractivity contribution >= 4 is 0 Å². The van der Waals surface area contributed by atoms with Crippen molar-refractivity contribution in [3.05, 3.63) is 53.6 Å². The molecular weight excluding hydrogens is 246 g/mol. The molecule has 1 N–H and O–H groups in total. The fourth-order valence-corrected chi connectivity index (χ4v) is 2.50. The van der Waals surface area contributed by atoms with Gasteiger partial charge in [0.25, 0.3) is 0 Å². The second kappa shape index (κ2) is 5.68. The Hall–Kier alpha value is -1.80. The van der Waals surface area contributed by atoms with E-state index in [-0.39, 0.29) is 0 Å². The second-order valence-electron chi connectivity index (χ2n) is 5.54. The third-order valence-corrected chi connectivity index (χ3v) is 3.84. The first kappa shape index (κ1) is 13.2. The Morgan fingerprint density at radius 2 is 2.00 bits per heavy atom. The molecule has 1 aliphatic rings. The summed E-state index contributed by atoms with van der Waals surface area (Å²) in [6.45, 7) is 3.15. The summed E-state index contributed by atoms with van der Waals surface area (Å²) in [5, 5.41) is 3.56. The number of hydrogen-bond donors (Lipinski definition) is 1. The van der Waals surface area contributed by atoms with E-state index in [1.54, 1.807) is 7.11 Å². The zero-order valence-corrected chi connectivity index (χ0v) is 12.1. The molecular formula is C18H21NO. The molecule has 1 saturated carbocycles. The molecule has 0 radical (unpaired) electrons. The molecule has 2 aromatic carbocycles. The number of nitrogens with one attached hydrogen (secondary N) is 1. The van der Waals surface area contributed by atoms with Crippen molar-refractivity contribution in [2.75, 3.05) is 7.11 Å². The smallest absolute Gasteiger partial charge is 0.119 e. The molecule has 0 amide bonds. The molecule has 0 spiro atoms. The fourth-order valence-electron chi connectivity index (χ4n) is 2.50. The Balaban J connectivity index is 1.81. The fraction of sp³-hybridized carbons (Fsp3) is 0.333. The van der Waals surface area contributed by atoms with Crippen LogP contribution in [0, 0.1) is 6.92 Å². The van der Waals surface area contributed by atoms with Crippen LogP contribution < -0.4 is 10.1 Å². The predicted octanol–water partition coefficient (Wildman–Crippen LogP) is 3.92. The van der Waals surface area contributed by atoms with Gasteiger partial charge in [-0.3, -0.25) is 0 Å². The summed E-state index contributed by atoms with van der Waals surface area (Å²) in [5.74, 6) is 0.904. The maximum absolute atomic E-state index is 5.30. The average molecular weight is 267 g/mol. The van der Waals surface area contributed by atoms with Crippen LogP contribution in [0.2, 0.25) is 0 Å². The number of benzene rings is 2. The number of hydrogen-bond acceptors (Lipinski definition) is 2. The Bertz CT molecular complexity index is 602. The van der Waals surface area contributed by atoms with Crippen LogP contribution in [-0.4, -0.2) is 13.2 Å². The highest BCUT2D eigenvalue weighted by Gasteiger charge is 2.19. The molecule has 0 atom stereocenters. The number of methoxy groups -OCH3 is 1. The third kappa shape index (κ3) is 3.02. The lowest BCUT2D eigenvalue weighted by Gasteiger charge is -2.10. The normalized spacial score (nSPS) is 14.3. The van der Waals surface area contributed by atoms with Gasteiger partial charge in [0.1, 0.15) is 5.75 Å². The molecule has 2 heteroatoms. The number of rotatable bonds is 5. The Morgan fingerprint density at radius 3 is 2.70 bits per heavy atom. The standard InChI is InChI=1S/C18H21NO/c1-13-10-14(12-19-16-7-8-16)6-9-18(13)15-4-3-5-17(11-15)20-2/h3-6,9-11,16,19H,7-8,12H2,1-2H3. The summed E-state index contributed by atoms with van der Waals surface area (Å²) >= 11 is 0. The lowest BCUT2D eigenvalue weighted by molar-refractivity contribution is 0.415. The number of aryl methyl sites for hydroxylation is 1. The van der Waals surface area contributed by atoms with Crippen LogP contribution in [0.5, 0.6) is 5.75 Å². The topological polar surface area (TPSA) is 21.3 Å². The van der Waals surface area contributed by atoms with Crippen molar-refractivity contribution in [2.45, 2.75) is 32.4 Å². The van der Waals surface area contributed by atoms with Crippen molar-refractivity contribution in [1.82, 2.24) is 5.32 Å². The van der Waals surface area contributed by atoms with Crippen LogP contribution in [0.25, 0.3) is 11.1 Å². The van der Waals surface area contributed by atoms with Gasteiger partial charge < -0.3 is 10.1 Å². The average Bonchev–Trinajstić information content (AvgIpc) is 3.29. The molecule has 20 heavy (non-hydrogen) atoms. The largest absolute Gasteiger partial charge is 0.497 e. The van der Waals surface area contributed by atoms with Crippen molar-refractivity contribution in [3.8, 4) is 16.9 Å². The molecule has 2 nitrogen and oxygen atoms in total. The predicted molar refractivity (Wildman–Crippen MR) is 83.0 cm³/mol. The highest BCUT2D eigenvalue weighted by atomic mass is 16.5. The maximum Gasteiger partial charge on any atom is 0.119 e. The molecule has 0 heterocycles. The first-order chi connectivity index (χ1) is 9.76. The summed E-state index contributed by atoms with van der Waals surface area (Å²) < 4.78 is 5.30. The summed E-state index contributed by atoms with van der Waals surface area (Å²) in [5.41, 5.74) is 5.16. The second-order valence-corrected chi connectivity index (χ2v) is 5.54. The van der Waals surface area contributed by atoms with Gasteiger partial charge in [-0.2, -0.15) is 0 Å². The van der Waals surface area contributed by atoms with E-state index in [0.717, 1.165) is 18.3 Å². The van der Waals surface area contributed by atoms with E-state index in [4.69, 9.17) is 4.74 Å². The third-order valence-electron chi connectivity index (χ3n) is 3.84. The van der Waals surface area contributed by atoms with E-state index < -0.39 is 0 Å². The zero-order valence-electron chi connectivity index (χ0n) is 12.1. The van der Waals surface area contributed by atoms with Gasteiger partial charge in [0.15, 0.2) is 0 Å². The Morgan fingerprint density at radius 1 is 1.15 bits per heavy atom. The molecule has 0 unspecified atom stereocenters. The number of ether oxygens (including phenoxy) is 1. The molecule has 3 rings (SSSR count). The van der Waals surface area contributed by atoms with Gasteiger partial charge in [-0.15, -0.1) is 0 Å². The molecule has 1 fully saturated rings. The molecule has 104 valence electrons. The van der Waals surface area contributed by atoms with Crippen molar-refractivity contribution < 1.29 is 4.74 Å². The van der Waals surface area contributed by atoms with E-state index in [9.17, 15) is 0 Å². The summed E-state index contributed by atoms with van der Waals surface area (Å²) in [6.07, 6.45) is 2.67. The molecule has 2 aromatic rings. The highest BCUT2D eigenvalue weighted by Crippen LogP contribution is 2.27. The van der Waals surface area contributed by atoms with E-state index in [2.05, 4.69) is 42.6 Å². The van der Waals surface area contributed by atoms with Crippen LogP contribution in [-0.2, 0) is 6.54 Å². The highest BCUT2D eigenvalue weighted by molar-refractivity contribution is 5.68. The lowest BCUT2D eigenvalue weighted by atomic mass is 9.98. The van der Waals surface area contributed by atoms with E-state index in [1.165, 1.54) is 35.1 Å². The maximum atomic E-state index is 5.30. The van der Waals surface area contributed by atoms with E-state index >= 15 is 0 Å². The van der Waals surface area contributed by atoms with Gasteiger partial charge in [-0.1, -0.05) is 30.3 Å². The molecule has 0 bridgehead atoms. The molecule has 0 aliphatic heterocycles. The lowest BCUT2D eigenvalue weighted by Crippen LogP contribution is -2.15. The molecule has 0 aromatic heterocycles. The van der Waals surface area contributed by atoms with Gasteiger partial charge in [-0.25, -0.2) is 0 Å². The first-order valence-corrected chi connectivity index (χ1v) is 7.23. The quantitative estimate of drug-likeness (QED) is 0.886. The summed E-state index contributed by atoms with van der Waals surface area (Å²) in [7, 11) is 1.71. The molecule has 1 aliphatic carbocycles. The van der Waals surface area contributed by atoms with E-state index in [0.29, 0.717) is 0 Å². The van der Waals surface area contributed by atoms with Crippen LogP contribution in [0.15, 0.2) is 42.5 Å². The minimum absolute atomic E-state index is 0.758. The van der Waals surface area contributed by atoms with Gasteiger partial charge in [0, 0.05) is 12.6 Å². The van der Waals surface area contributed by atoms with E-state index in [1.807, 2.05) is 12.1 Å². The minimum Gasteiger partial charge on any atom is -0.497 e. The van der Waals surface area contributed by atoms with Crippen LogP contribution in [0.4, 0.5) is 0 Å². The summed E-state index contributed by atoms with van der Waals surface area (Å²) in [6, 6.07) is 15.7. The zero-order chi connectivity index (χ0) is 13.9. The Kier molecular flexibility index (Phi) is 3.75. The Labute approximate surface area is 120 Å². The van der Waals surface area contributed by atoms with Crippen LogP contribution in [0.3, 0.4) is 0 Å². The van der Waals surface area contributed by atoms with Crippen molar-refractivity contribution in [2.24, 2.45) is 0 Å².